The first-order valence-corrected chi connectivity index (χ1v) is 9.31. The molecule has 1 heterocycles. The van der Waals surface area contributed by atoms with Gasteiger partial charge in [-0.1, -0.05) is 41.9 Å². The third-order valence-corrected chi connectivity index (χ3v) is 4.75. The molecule has 5 nitrogen and oxygen atoms in total. The number of ether oxygens (including phenoxy) is 1. The lowest BCUT2D eigenvalue weighted by Gasteiger charge is -2.11. The summed E-state index contributed by atoms with van der Waals surface area (Å²) in [5.74, 6) is 0.775. The normalized spacial score (nSPS) is 12.1. The van der Waals surface area contributed by atoms with Gasteiger partial charge in [0, 0.05) is 18.2 Å². The van der Waals surface area contributed by atoms with Crippen LogP contribution in [0.2, 0.25) is 5.15 Å². The molecule has 0 amide bonds. The Balaban J connectivity index is 1.64. The molecule has 1 aromatic heterocycles. The summed E-state index contributed by atoms with van der Waals surface area (Å²) in [6, 6.07) is 17.8. The molecular formula is C21H24ClN3O2. The van der Waals surface area contributed by atoms with Crippen LogP contribution >= 0.6 is 11.6 Å². The average molecular weight is 386 g/mol. The standard InChI is InChI=1S/C21H24ClN3O2/c1-15(13-26)23-12-17-8-10-19(11-9-17)27-14-20-16(2)24-25(21(20)22)18-6-4-3-5-7-18/h3-11,15,23,26H,12-14H2,1-2H3/t15-/m0/s1. The van der Waals surface area contributed by atoms with E-state index in [1.165, 1.54) is 0 Å². The van der Waals surface area contributed by atoms with Crippen LogP contribution in [0.15, 0.2) is 54.6 Å². The Hall–Kier alpha value is -2.34. The number of aromatic nitrogens is 2. The van der Waals surface area contributed by atoms with Gasteiger partial charge in [0.1, 0.15) is 17.5 Å². The minimum absolute atomic E-state index is 0.0761. The lowest BCUT2D eigenvalue weighted by molar-refractivity contribution is 0.251. The van der Waals surface area contributed by atoms with Crippen molar-refractivity contribution in [2.24, 2.45) is 0 Å². The molecule has 27 heavy (non-hydrogen) atoms. The Morgan fingerprint density at radius 2 is 1.85 bits per heavy atom. The van der Waals surface area contributed by atoms with E-state index in [0.29, 0.717) is 18.3 Å². The summed E-state index contributed by atoms with van der Waals surface area (Å²) in [5, 5.41) is 17.4. The van der Waals surface area contributed by atoms with Crippen molar-refractivity contribution >= 4 is 11.6 Å². The molecule has 0 aliphatic rings. The van der Waals surface area contributed by atoms with Crippen LogP contribution < -0.4 is 10.1 Å². The monoisotopic (exact) mass is 385 g/mol. The molecule has 2 aromatic carbocycles. The van der Waals surface area contributed by atoms with E-state index in [0.717, 1.165) is 28.3 Å². The molecule has 0 saturated carbocycles. The summed E-state index contributed by atoms with van der Waals surface area (Å²) in [5.41, 5.74) is 3.78. The van der Waals surface area contributed by atoms with E-state index < -0.39 is 0 Å². The largest absolute Gasteiger partial charge is 0.489 e. The number of aliphatic hydroxyl groups excluding tert-OH is 1. The topological polar surface area (TPSA) is 59.3 Å². The number of benzene rings is 2. The number of para-hydroxylation sites is 1. The number of hydrogen-bond donors (Lipinski definition) is 2. The Kier molecular flexibility index (Phi) is 6.50. The number of aliphatic hydroxyl groups is 1. The van der Waals surface area contributed by atoms with Gasteiger partial charge in [0.05, 0.1) is 18.0 Å². The van der Waals surface area contributed by atoms with E-state index in [9.17, 15) is 0 Å². The zero-order valence-electron chi connectivity index (χ0n) is 15.5. The third-order valence-electron chi connectivity index (χ3n) is 4.36. The second kappa shape index (κ2) is 9.04. The fraction of sp³-hybridized carbons (Fsp3) is 0.286. The number of nitrogens with zero attached hydrogens (tertiary/aromatic N) is 2. The van der Waals surface area contributed by atoms with Gasteiger partial charge >= 0.3 is 0 Å². The van der Waals surface area contributed by atoms with Crippen LogP contribution in [0.4, 0.5) is 0 Å². The summed E-state index contributed by atoms with van der Waals surface area (Å²) in [6.07, 6.45) is 0. The van der Waals surface area contributed by atoms with Crippen molar-refractivity contribution < 1.29 is 9.84 Å². The second-order valence-corrected chi connectivity index (χ2v) is 6.86. The van der Waals surface area contributed by atoms with Crippen molar-refractivity contribution in [3.8, 4) is 11.4 Å². The van der Waals surface area contributed by atoms with Crippen molar-refractivity contribution in [3.63, 3.8) is 0 Å². The van der Waals surface area contributed by atoms with Crippen molar-refractivity contribution in [1.82, 2.24) is 15.1 Å². The highest BCUT2D eigenvalue weighted by Gasteiger charge is 2.15. The zero-order valence-corrected chi connectivity index (χ0v) is 16.3. The Labute approximate surface area is 164 Å². The lowest BCUT2D eigenvalue weighted by Crippen LogP contribution is -2.28. The quantitative estimate of drug-likeness (QED) is 0.617. The van der Waals surface area contributed by atoms with Gasteiger partial charge in [0.15, 0.2) is 0 Å². The average Bonchev–Trinajstić information content (AvgIpc) is 2.99. The number of nitrogens with one attached hydrogen (secondary N) is 1. The summed E-state index contributed by atoms with van der Waals surface area (Å²) in [7, 11) is 0. The van der Waals surface area contributed by atoms with Crippen LogP contribution in [0, 0.1) is 6.92 Å². The molecule has 0 fully saturated rings. The minimum atomic E-state index is 0.0761. The van der Waals surface area contributed by atoms with Gasteiger partial charge in [-0.2, -0.15) is 5.10 Å². The van der Waals surface area contributed by atoms with Gasteiger partial charge in [-0.05, 0) is 43.7 Å². The summed E-state index contributed by atoms with van der Waals surface area (Å²) in [6.45, 7) is 5.06. The van der Waals surface area contributed by atoms with Gasteiger partial charge in [-0.25, -0.2) is 4.68 Å². The van der Waals surface area contributed by atoms with Gasteiger partial charge in [-0.3, -0.25) is 0 Å². The predicted molar refractivity (Wildman–Crippen MR) is 107 cm³/mol. The highest BCUT2D eigenvalue weighted by Crippen LogP contribution is 2.25. The number of hydrogen-bond acceptors (Lipinski definition) is 4. The van der Waals surface area contributed by atoms with Crippen molar-refractivity contribution in [2.45, 2.75) is 33.0 Å². The Morgan fingerprint density at radius 1 is 1.15 bits per heavy atom. The van der Waals surface area contributed by atoms with Crippen LogP contribution in [0.1, 0.15) is 23.7 Å². The molecule has 0 saturated heterocycles. The first-order chi connectivity index (χ1) is 13.1. The molecule has 0 unspecified atom stereocenters. The molecule has 3 rings (SSSR count). The SMILES string of the molecule is Cc1nn(-c2ccccc2)c(Cl)c1COc1ccc(CN[C@@H](C)CO)cc1. The predicted octanol–water partition coefficient (Wildman–Crippen LogP) is 3.88. The van der Waals surface area contributed by atoms with Crippen molar-refractivity contribution in [1.29, 1.82) is 0 Å². The number of aryl methyl sites for hydroxylation is 1. The minimum Gasteiger partial charge on any atom is -0.489 e. The fourth-order valence-electron chi connectivity index (χ4n) is 2.65. The smallest absolute Gasteiger partial charge is 0.139 e. The van der Waals surface area contributed by atoms with E-state index in [1.807, 2.05) is 68.4 Å². The van der Waals surface area contributed by atoms with E-state index >= 15 is 0 Å². The van der Waals surface area contributed by atoms with Gasteiger partial charge in [0.25, 0.3) is 0 Å². The Bertz CT molecular complexity index is 863. The van der Waals surface area contributed by atoms with Crippen LogP contribution in [-0.4, -0.2) is 27.5 Å². The summed E-state index contributed by atoms with van der Waals surface area (Å²) < 4.78 is 7.64. The molecule has 2 N–H and O–H groups in total. The van der Waals surface area contributed by atoms with Gasteiger partial charge in [0.2, 0.25) is 0 Å². The molecule has 1 atom stereocenters. The summed E-state index contributed by atoms with van der Waals surface area (Å²) >= 11 is 6.53. The molecule has 0 bridgehead atoms. The molecule has 0 radical (unpaired) electrons. The highest BCUT2D eigenvalue weighted by molar-refractivity contribution is 6.30. The molecule has 0 aliphatic heterocycles. The molecule has 6 heteroatoms. The number of rotatable bonds is 8. The third kappa shape index (κ3) is 4.89. The maximum atomic E-state index is 9.05. The molecule has 0 spiro atoms. The molecule has 142 valence electrons. The Morgan fingerprint density at radius 3 is 2.52 bits per heavy atom. The summed E-state index contributed by atoms with van der Waals surface area (Å²) in [4.78, 5) is 0. The number of halogens is 1. The van der Waals surface area contributed by atoms with Crippen LogP contribution in [0.25, 0.3) is 5.69 Å². The first kappa shape index (κ1) is 19.4. The van der Waals surface area contributed by atoms with E-state index in [2.05, 4.69) is 10.4 Å². The lowest BCUT2D eigenvalue weighted by atomic mass is 10.2. The van der Waals surface area contributed by atoms with Crippen molar-refractivity contribution in [2.75, 3.05) is 6.61 Å². The van der Waals surface area contributed by atoms with E-state index in [4.69, 9.17) is 21.4 Å². The maximum Gasteiger partial charge on any atom is 0.139 e. The van der Waals surface area contributed by atoms with E-state index in [1.54, 1.807) is 4.68 Å². The van der Waals surface area contributed by atoms with E-state index in [-0.39, 0.29) is 12.6 Å². The molecular weight excluding hydrogens is 362 g/mol. The van der Waals surface area contributed by atoms with Gasteiger partial charge in [-0.15, -0.1) is 0 Å². The van der Waals surface area contributed by atoms with Crippen LogP contribution in [0.5, 0.6) is 5.75 Å². The highest BCUT2D eigenvalue weighted by atomic mass is 35.5. The van der Waals surface area contributed by atoms with Crippen LogP contribution in [0.3, 0.4) is 0 Å². The van der Waals surface area contributed by atoms with Gasteiger partial charge < -0.3 is 15.2 Å². The first-order valence-electron chi connectivity index (χ1n) is 8.94. The maximum absolute atomic E-state index is 9.05. The zero-order chi connectivity index (χ0) is 19.2. The second-order valence-electron chi connectivity index (χ2n) is 6.50. The molecule has 0 aliphatic carbocycles. The van der Waals surface area contributed by atoms with Crippen molar-refractivity contribution in [3.05, 3.63) is 76.6 Å². The fourth-order valence-corrected chi connectivity index (χ4v) is 2.98. The molecule has 3 aromatic rings. The van der Waals surface area contributed by atoms with Crippen LogP contribution in [-0.2, 0) is 13.2 Å².